The monoisotopic (exact) mass is 379 g/mol. The normalized spacial score (nSPS) is 19.7. The van der Waals surface area contributed by atoms with Crippen molar-refractivity contribution < 1.29 is 4.74 Å². The van der Waals surface area contributed by atoms with Gasteiger partial charge in [0.15, 0.2) is 0 Å². The number of H-pyrrole nitrogens is 1. The molecule has 1 aromatic carbocycles. The first kappa shape index (κ1) is 18.8. The lowest BCUT2D eigenvalue weighted by molar-refractivity contribution is 0.0752. The fraction of sp³-hybridized carbons (Fsp3) is 0.409. The molecule has 6 heteroatoms. The number of pyridine rings is 1. The molecule has 1 aliphatic rings. The van der Waals surface area contributed by atoms with E-state index in [1.54, 1.807) is 0 Å². The SMILES string of the molecule is CCCc1cc(C)cc(Nc2cc(N[C@@H]3CCOC[C@@H]3N)cc3[nH]ccc23)n1. The first-order valence-corrected chi connectivity index (χ1v) is 10.1. The number of anilines is 3. The molecule has 28 heavy (non-hydrogen) atoms. The van der Waals surface area contributed by atoms with Gasteiger partial charge in [0.25, 0.3) is 0 Å². The van der Waals surface area contributed by atoms with E-state index in [2.05, 4.69) is 59.8 Å². The van der Waals surface area contributed by atoms with Gasteiger partial charge < -0.3 is 26.1 Å². The van der Waals surface area contributed by atoms with Crippen LogP contribution in [0.1, 0.15) is 31.0 Å². The lowest BCUT2D eigenvalue weighted by Crippen LogP contribution is -2.47. The maximum Gasteiger partial charge on any atom is 0.130 e. The second kappa shape index (κ2) is 8.20. The first-order chi connectivity index (χ1) is 13.6. The lowest BCUT2D eigenvalue weighted by atomic mass is 10.0. The number of rotatable bonds is 6. The highest BCUT2D eigenvalue weighted by Crippen LogP contribution is 2.31. The van der Waals surface area contributed by atoms with E-state index in [9.17, 15) is 0 Å². The minimum Gasteiger partial charge on any atom is -0.380 e. The molecule has 4 rings (SSSR count). The molecular weight excluding hydrogens is 350 g/mol. The zero-order chi connectivity index (χ0) is 19.5. The summed E-state index contributed by atoms with van der Waals surface area (Å²) in [7, 11) is 0. The fourth-order valence-electron chi connectivity index (χ4n) is 3.83. The van der Waals surface area contributed by atoms with Gasteiger partial charge >= 0.3 is 0 Å². The van der Waals surface area contributed by atoms with Crippen molar-refractivity contribution in [2.75, 3.05) is 23.8 Å². The predicted molar refractivity (Wildman–Crippen MR) is 115 cm³/mol. The van der Waals surface area contributed by atoms with Gasteiger partial charge in [-0.15, -0.1) is 0 Å². The number of nitrogens with one attached hydrogen (secondary N) is 3. The molecule has 5 N–H and O–H groups in total. The van der Waals surface area contributed by atoms with E-state index in [0.717, 1.165) is 59.7 Å². The van der Waals surface area contributed by atoms with Crippen LogP contribution in [0.2, 0.25) is 0 Å². The summed E-state index contributed by atoms with van der Waals surface area (Å²) in [5.41, 5.74) is 11.7. The molecule has 0 bridgehead atoms. The largest absolute Gasteiger partial charge is 0.380 e. The number of aromatic nitrogens is 2. The van der Waals surface area contributed by atoms with Crippen molar-refractivity contribution >= 4 is 28.1 Å². The molecule has 0 aliphatic carbocycles. The summed E-state index contributed by atoms with van der Waals surface area (Å²) in [6.07, 6.45) is 4.94. The number of fused-ring (bicyclic) bond motifs is 1. The molecule has 148 valence electrons. The van der Waals surface area contributed by atoms with Gasteiger partial charge in [-0.25, -0.2) is 4.98 Å². The number of aromatic amines is 1. The Morgan fingerprint density at radius 3 is 3.00 bits per heavy atom. The van der Waals surface area contributed by atoms with Gasteiger partial charge in [0.2, 0.25) is 0 Å². The van der Waals surface area contributed by atoms with Crippen molar-refractivity contribution in [1.82, 2.24) is 9.97 Å². The van der Waals surface area contributed by atoms with Crippen LogP contribution in [-0.4, -0.2) is 35.3 Å². The number of nitrogens with two attached hydrogens (primary N) is 1. The minimum atomic E-state index is -0.000426. The highest BCUT2D eigenvalue weighted by Gasteiger charge is 2.22. The Bertz CT molecular complexity index is 951. The third kappa shape index (κ3) is 4.13. The Kier molecular flexibility index (Phi) is 5.50. The van der Waals surface area contributed by atoms with E-state index in [4.69, 9.17) is 15.5 Å². The second-order valence-corrected chi connectivity index (χ2v) is 7.64. The summed E-state index contributed by atoms with van der Waals surface area (Å²) < 4.78 is 5.46. The highest BCUT2D eigenvalue weighted by molar-refractivity contribution is 5.96. The number of ether oxygens (including phenoxy) is 1. The number of nitrogens with zero attached hydrogens (tertiary/aromatic N) is 1. The van der Waals surface area contributed by atoms with Crippen LogP contribution in [-0.2, 0) is 11.2 Å². The Morgan fingerprint density at radius 1 is 1.29 bits per heavy atom. The summed E-state index contributed by atoms with van der Waals surface area (Å²) in [4.78, 5) is 8.11. The third-order valence-corrected chi connectivity index (χ3v) is 5.21. The molecule has 2 atom stereocenters. The molecule has 1 aliphatic heterocycles. The van der Waals surface area contributed by atoms with Crippen LogP contribution in [0.3, 0.4) is 0 Å². The van der Waals surface area contributed by atoms with Crippen molar-refractivity contribution in [3.63, 3.8) is 0 Å². The van der Waals surface area contributed by atoms with Crippen molar-refractivity contribution in [2.24, 2.45) is 5.73 Å². The lowest BCUT2D eigenvalue weighted by Gasteiger charge is -2.30. The van der Waals surface area contributed by atoms with Crippen LogP contribution in [0.15, 0.2) is 36.5 Å². The molecule has 2 aromatic heterocycles. The van der Waals surface area contributed by atoms with Crippen LogP contribution in [0, 0.1) is 6.92 Å². The quantitative estimate of drug-likeness (QED) is 0.518. The summed E-state index contributed by atoms with van der Waals surface area (Å²) in [6, 6.07) is 10.8. The van der Waals surface area contributed by atoms with Crippen LogP contribution >= 0.6 is 0 Å². The van der Waals surface area contributed by atoms with E-state index >= 15 is 0 Å². The third-order valence-electron chi connectivity index (χ3n) is 5.21. The van der Waals surface area contributed by atoms with Crippen molar-refractivity contribution in [3.8, 4) is 0 Å². The molecule has 0 radical (unpaired) electrons. The Hall–Kier alpha value is -2.57. The molecule has 0 saturated carbocycles. The number of benzene rings is 1. The van der Waals surface area contributed by atoms with Crippen LogP contribution in [0.25, 0.3) is 10.9 Å². The number of aryl methyl sites for hydroxylation is 2. The minimum absolute atomic E-state index is 0.000426. The summed E-state index contributed by atoms with van der Waals surface area (Å²) in [6.45, 7) is 5.63. The van der Waals surface area contributed by atoms with E-state index in [0.29, 0.717) is 6.61 Å². The van der Waals surface area contributed by atoms with Gasteiger partial charge in [-0.2, -0.15) is 0 Å². The molecular formula is C22H29N5O. The Labute approximate surface area is 165 Å². The zero-order valence-corrected chi connectivity index (χ0v) is 16.6. The topological polar surface area (TPSA) is 88.0 Å². The molecule has 6 nitrogen and oxygen atoms in total. The molecule has 1 saturated heterocycles. The van der Waals surface area contributed by atoms with Crippen LogP contribution < -0.4 is 16.4 Å². The predicted octanol–water partition coefficient (Wildman–Crippen LogP) is 4.10. The maximum absolute atomic E-state index is 6.22. The summed E-state index contributed by atoms with van der Waals surface area (Å²) >= 11 is 0. The van der Waals surface area contributed by atoms with Gasteiger partial charge in [0.1, 0.15) is 5.82 Å². The maximum atomic E-state index is 6.22. The van der Waals surface area contributed by atoms with Gasteiger partial charge in [-0.1, -0.05) is 13.3 Å². The van der Waals surface area contributed by atoms with E-state index in [1.807, 2.05) is 6.20 Å². The Morgan fingerprint density at radius 2 is 2.18 bits per heavy atom. The van der Waals surface area contributed by atoms with Crippen LogP contribution in [0.4, 0.5) is 17.2 Å². The van der Waals surface area contributed by atoms with Gasteiger partial charge in [0, 0.05) is 47.2 Å². The zero-order valence-electron chi connectivity index (χ0n) is 16.6. The Balaban J connectivity index is 1.64. The number of hydrogen-bond donors (Lipinski definition) is 4. The average Bonchev–Trinajstić information content (AvgIpc) is 3.12. The standard InChI is InChI=1S/C22H29N5O/c1-3-4-15-9-14(2)10-22(26-15)27-21-12-16(11-20-17(21)5-7-24-20)25-19-6-8-28-13-18(19)23/h5,7,9-12,18-19,24-25H,3-4,6,8,13,23H2,1-2H3,(H,26,27)/t18-,19+/m0/s1. The van der Waals surface area contributed by atoms with Crippen molar-refractivity contribution in [1.29, 1.82) is 0 Å². The molecule has 0 amide bonds. The molecule has 0 unspecified atom stereocenters. The molecule has 3 aromatic rings. The summed E-state index contributed by atoms with van der Waals surface area (Å²) in [5.74, 6) is 0.880. The molecule has 0 spiro atoms. The van der Waals surface area contributed by atoms with Crippen molar-refractivity contribution in [3.05, 3.63) is 47.8 Å². The van der Waals surface area contributed by atoms with Crippen molar-refractivity contribution in [2.45, 2.75) is 45.2 Å². The average molecular weight is 380 g/mol. The van der Waals surface area contributed by atoms with Gasteiger partial charge in [0.05, 0.1) is 12.3 Å². The second-order valence-electron chi connectivity index (χ2n) is 7.64. The number of hydrogen-bond acceptors (Lipinski definition) is 5. The van der Waals surface area contributed by atoms with Gasteiger partial charge in [-0.3, -0.25) is 0 Å². The fourth-order valence-corrected chi connectivity index (χ4v) is 3.83. The van der Waals surface area contributed by atoms with Crippen LogP contribution in [0.5, 0.6) is 0 Å². The van der Waals surface area contributed by atoms with E-state index < -0.39 is 0 Å². The van der Waals surface area contributed by atoms with Gasteiger partial charge in [-0.05, 0) is 55.7 Å². The molecule has 1 fully saturated rings. The van der Waals surface area contributed by atoms with E-state index in [1.165, 1.54) is 5.56 Å². The highest BCUT2D eigenvalue weighted by atomic mass is 16.5. The smallest absolute Gasteiger partial charge is 0.130 e. The first-order valence-electron chi connectivity index (χ1n) is 10.1. The molecule has 3 heterocycles. The van der Waals surface area contributed by atoms with E-state index in [-0.39, 0.29) is 12.1 Å². The summed E-state index contributed by atoms with van der Waals surface area (Å²) in [5, 5.41) is 8.27.